The van der Waals surface area contributed by atoms with Gasteiger partial charge in [0, 0.05) is 42.7 Å². The third kappa shape index (κ3) is 6.07. The summed E-state index contributed by atoms with van der Waals surface area (Å²) < 4.78 is 0. The van der Waals surface area contributed by atoms with Crippen LogP contribution >= 0.6 is 11.3 Å². The van der Waals surface area contributed by atoms with Gasteiger partial charge in [-0.25, -0.2) is 15.0 Å². The molecule has 0 unspecified atom stereocenters. The molecule has 174 valence electrons. The predicted molar refractivity (Wildman–Crippen MR) is 135 cm³/mol. The molecule has 7 nitrogen and oxygen atoms in total. The highest BCUT2D eigenvalue weighted by atomic mass is 32.1. The topological polar surface area (TPSA) is 83.0 Å². The van der Waals surface area contributed by atoms with E-state index in [4.69, 9.17) is 4.98 Å². The molecule has 33 heavy (non-hydrogen) atoms. The van der Waals surface area contributed by atoms with Crippen molar-refractivity contribution in [3.8, 4) is 10.6 Å². The molecule has 2 heterocycles. The molecular weight excluding hydrogens is 432 g/mol. The smallest absolute Gasteiger partial charge is 0.226 e. The van der Waals surface area contributed by atoms with Crippen LogP contribution in [0.2, 0.25) is 0 Å². The molecule has 1 aliphatic carbocycles. The van der Waals surface area contributed by atoms with Gasteiger partial charge < -0.3 is 15.5 Å². The minimum atomic E-state index is 0.0569. The largest absolute Gasteiger partial charge is 0.367 e. The number of aromatic nitrogens is 3. The Labute approximate surface area is 199 Å². The molecule has 3 aromatic rings. The number of benzene rings is 1. The van der Waals surface area contributed by atoms with Gasteiger partial charge in [0.2, 0.25) is 5.91 Å². The fourth-order valence-electron chi connectivity index (χ4n) is 4.17. The van der Waals surface area contributed by atoms with Crippen LogP contribution in [0.1, 0.15) is 42.1 Å². The van der Waals surface area contributed by atoms with Crippen molar-refractivity contribution in [1.29, 1.82) is 0 Å². The van der Waals surface area contributed by atoms with Gasteiger partial charge in [-0.1, -0.05) is 30.3 Å². The van der Waals surface area contributed by atoms with Crippen molar-refractivity contribution in [2.24, 2.45) is 0 Å². The van der Waals surface area contributed by atoms with E-state index in [1.807, 2.05) is 57.1 Å². The molecule has 0 aliphatic heterocycles. The first kappa shape index (κ1) is 23.2. The van der Waals surface area contributed by atoms with E-state index in [2.05, 4.69) is 32.7 Å². The molecule has 0 saturated heterocycles. The Morgan fingerprint density at radius 1 is 1.03 bits per heavy atom. The molecule has 2 aromatic heterocycles. The van der Waals surface area contributed by atoms with Crippen molar-refractivity contribution < 1.29 is 4.79 Å². The Kier molecular flexibility index (Phi) is 7.23. The second-order valence-corrected chi connectivity index (χ2v) is 10.1. The number of thiazole rings is 1. The second kappa shape index (κ2) is 10.3. The monoisotopic (exact) mass is 464 g/mol. The van der Waals surface area contributed by atoms with E-state index >= 15 is 0 Å². The van der Waals surface area contributed by atoms with Gasteiger partial charge >= 0.3 is 0 Å². The van der Waals surface area contributed by atoms with E-state index in [9.17, 15) is 4.79 Å². The van der Waals surface area contributed by atoms with E-state index < -0.39 is 0 Å². The lowest BCUT2D eigenvalue weighted by molar-refractivity contribution is -0.121. The Hall–Kier alpha value is -3.00. The normalized spacial score (nSPS) is 18.1. The number of aryl methyl sites for hydroxylation is 2. The van der Waals surface area contributed by atoms with Crippen LogP contribution in [0.25, 0.3) is 10.6 Å². The Balaban J connectivity index is 1.27. The van der Waals surface area contributed by atoms with Crippen molar-refractivity contribution in [1.82, 2.24) is 20.3 Å². The van der Waals surface area contributed by atoms with Gasteiger partial charge in [-0.05, 0) is 39.5 Å². The lowest BCUT2D eigenvalue weighted by Gasteiger charge is -2.30. The molecule has 1 saturated carbocycles. The van der Waals surface area contributed by atoms with Crippen molar-refractivity contribution in [2.45, 2.75) is 58.0 Å². The molecule has 4 rings (SSSR count). The Bertz CT molecular complexity index is 1090. The predicted octanol–water partition coefficient (Wildman–Crippen LogP) is 4.36. The van der Waals surface area contributed by atoms with Gasteiger partial charge in [0.05, 0.1) is 12.1 Å². The summed E-state index contributed by atoms with van der Waals surface area (Å²) >= 11 is 1.65. The van der Waals surface area contributed by atoms with Crippen LogP contribution in [0.3, 0.4) is 0 Å². The molecule has 1 aromatic carbocycles. The maximum Gasteiger partial charge on any atom is 0.226 e. The van der Waals surface area contributed by atoms with Gasteiger partial charge in [0.15, 0.2) is 0 Å². The minimum absolute atomic E-state index is 0.0569. The molecule has 1 aliphatic rings. The molecule has 0 atom stereocenters. The summed E-state index contributed by atoms with van der Waals surface area (Å²) in [5.41, 5.74) is 1.97. The zero-order chi connectivity index (χ0) is 23.4. The summed E-state index contributed by atoms with van der Waals surface area (Å²) in [6.07, 6.45) is 4.25. The third-order valence-electron chi connectivity index (χ3n) is 5.97. The van der Waals surface area contributed by atoms with Crippen molar-refractivity contribution in [3.05, 3.63) is 52.8 Å². The maximum atomic E-state index is 12.7. The molecule has 0 radical (unpaired) electrons. The number of nitrogens with zero attached hydrogens (tertiary/aromatic N) is 4. The molecule has 0 spiro atoms. The minimum Gasteiger partial charge on any atom is -0.367 e. The molecule has 1 fully saturated rings. The SMILES string of the molecule is Cc1nc(NC2CCC(NC(=O)Cc3nc(-c4ccccc4)sc3C)CC2)cc(N(C)C)n1. The standard InChI is InChI=1S/C25H32N6OS/c1-16-21(30-25(33-16)18-8-6-5-7-9-18)14-24(32)29-20-12-10-19(11-13-20)28-22-15-23(31(3)4)27-17(2)26-22/h5-9,15,19-20H,10-14H2,1-4H3,(H,29,32)(H,26,27,28). The summed E-state index contributed by atoms with van der Waals surface area (Å²) in [6.45, 7) is 3.96. The first-order valence-electron chi connectivity index (χ1n) is 11.5. The highest BCUT2D eigenvalue weighted by molar-refractivity contribution is 7.15. The molecule has 1 amide bonds. The van der Waals surface area contributed by atoms with Gasteiger partial charge in [0.25, 0.3) is 0 Å². The lowest BCUT2D eigenvalue weighted by Crippen LogP contribution is -2.41. The molecular formula is C25H32N6OS. The van der Waals surface area contributed by atoms with Gasteiger partial charge in [-0.15, -0.1) is 11.3 Å². The average Bonchev–Trinajstić information content (AvgIpc) is 3.15. The Morgan fingerprint density at radius 3 is 2.42 bits per heavy atom. The van der Waals surface area contributed by atoms with Crippen LogP contribution in [-0.2, 0) is 11.2 Å². The Morgan fingerprint density at radius 2 is 1.73 bits per heavy atom. The van der Waals surface area contributed by atoms with Crippen molar-refractivity contribution in [2.75, 3.05) is 24.3 Å². The van der Waals surface area contributed by atoms with Gasteiger partial charge in [-0.2, -0.15) is 0 Å². The summed E-state index contributed by atoms with van der Waals surface area (Å²) in [6, 6.07) is 12.7. The summed E-state index contributed by atoms with van der Waals surface area (Å²) in [4.78, 5) is 29.5. The first-order chi connectivity index (χ1) is 15.9. The average molecular weight is 465 g/mol. The van der Waals surface area contributed by atoms with Crippen molar-refractivity contribution >= 4 is 28.9 Å². The number of hydrogen-bond acceptors (Lipinski definition) is 7. The zero-order valence-corrected chi connectivity index (χ0v) is 20.6. The first-order valence-corrected chi connectivity index (χ1v) is 12.3. The van der Waals surface area contributed by atoms with Crippen molar-refractivity contribution in [3.63, 3.8) is 0 Å². The molecule has 0 bridgehead atoms. The summed E-state index contributed by atoms with van der Waals surface area (Å²) in [5.74, 6) is 2.59. The second-order valence-electron chi connectivity index (χ2n) is 8.88. The fourth-order valence-corrected chi connectivity index (χ4v) is 5.11. The van der Waals surface area contributed by atoms with Crippen LogP contribution in [0.4, 0.5) is 11.6 Å². The lowest BCUT2D eigenvalue weighted by atomic mass is 9.91. The molecule has 2 N–H and O–H groups in total. The number of anilines is 2. The van der Waals surface area contributed by atoms with Crippen LogP contribution in [0, 0.1) is 13.8 Å². The quantitative estimate of drug-likeness (QED) is 0.540. The van der Waals surface area contributed by atoms with Gasteiger partial charge in [0.1, 0.15) is 22.5 Å². The number of hydrogen-bond donors (Lipinski definition) is 2. The van der Waals surface area contributed by atoms with Crippen LogP contribution in [0.15, 0.2) is 36.4 Å². The van der Waals surface area contributed by atoms with Crippen LogP contribution in [0.5, 0.6) is 0 Å². The van der Waals surface area contributed by atoms with Gasteiger partial charge in [-0.3, -0.25) is 4.79 Å². The van der Waals surface area contributed by atoms with E-state index in [-0.39, 0.29) is 11.9 Å². The van der Waals surface area contributed by atoms with E-state index in [0.29, 0.717) is 12.5 Å². The number of amides is 1. The highest BCUT2D eigenvalue weighted by Crippen LogP contribution is 2.28. The summed E-state index contributed by atoms with van der Waals surface area (Å²) in [7, 11) is 3.96. The van der Waals surface area contributed by atoms with E-state index in [1.54, 1.807) is 11.3 Å². The summed E-state index contributed by atoms with van der Waals surface area (Å²) in [5, 5.41) is 7.76. The third-order valence-corrected chi connectivity index (χ3v) is 7.03. The number of carbonyl (C=O) groups excluding carboxylic acids is 1. The van der Waals surface area contributed by atoms with E-state index in [1.165, 1.54) is 0 Å². The number of rotatable bonds is 7. The van der Waals surface area contributed by atoms with Crippen LogP contribution < -0.4 is 15.5 Å². The number of nitrogens with one attached hydrogen (secondary N) is 2. The maximum absolute atomic E-state index is 12.7. The van der Waals surface area contributed by atoms with Crippen LogP contribution in [-0.4, -0.2) is 47.0 Å². The van der Waals surface area contributed by atoms with E-state index in [0.717, 1.165) is 64.3 Å². The molecule has 8 heteroatoms. The highest BCUT2D eigenvalue weighted by Gasteiger charge is 2.23. The fraction of sp³-hybridized carbons (Fsp3) is 0.440. The zero-order valence-electron chi connectivity index (χ0n) is 19.8. The number of carbonyl (C=O) groups is 1.